The van der Waals surface area contributed by atoms with Crippen molar-refractivity contribution in [2.24, 2.45) is 0 Å². The molecule has 0 aromatic heterocycles. The topological polar surface area (TPSA) is 9.23 Å². The molecule has 0 spiro atoms. The molecule has 0 saturated carbocycles. The zero-order valence-corrected chi connectivity index (χ0v) is 9.72. The normalized spacial score (nSPS) is 11.3. The highest BCUT2D eigenvalue weighted by atomic mass is 35.5. The molecule has 0 saturated heterocycles. The van der Waals surface area contributed by atoms with Crippen LogP contribution in [0.3, 0.4) is 0 Å². The number of halogens is 4. The van der Waals surface area contributed by atoms with Gasteiger partial charge in [-0.2, -0.15) is 0 Å². The standard InChI is InChI=1S/C13H7ClF3O/c14-11-7-3-1-5-9(11)10-6-2-4-8-12(10)18-13(15,16)17/h1-6,8H. The van der Waals surface area contributed by atoms with Gasteiger partial charge in [-0.3, -0.25) is 0 Å². The van der Waals surface area contributed by atoms with Gasteiger partial charge < -0.3 is 4.74 Å². The van der Waals surface area contributed by atoms with Crippen molar-refractivity contribution in [3.63, 3.8) is 0 Å². The van der Waals surface area contributed by atoms with Gasteiger partial charge in [0.05, 0.1) is 5.02 Å². The average Bonchev–Trinajstić information content (AvgIpc) is 2.29. The second-order valence-electron chi connectivity index (χ2n) is 3.44. The number of rotatable bonds is 2. The van der Waals surface area contributed by atoms with Crippen molar-refractivity contribution in [3.05, 3.63) is 53.6 Å². The highest BCUT2D eigenvalue weighted by molar-refractivity contribution is 6.33. The van der Waals surface area contributed by atoms with E-state index in [0.29, 0.717) is 5.56 Å². The van der Waals surface area contributed by atoms with E-state index in [2.05, 4.69) is 10.8 Å². The molecule has 2 rings (SSSR count). The first-order valence-electron chi connectivity index (χ1n) is 4.99. The van der Waals surface area contributed by atoms with Crippen molar-refractivity contribution in [1.82, 2.24) is 0 Å². The van der Waals surface area contributed by atoms with Gasteiger partial charge in [-0.15, -0.1) is 13.2 Å². The lowest BCUT2D eigenvalue weighted by molar-refractivity contribution is -0.274. The van der Waals surface area contributed by atoms with Crippen LogP contribution in [0.5, 0.6) is 5.75 Å². The predicted molar refractivity (Wildman–Crippen MR) is 62.4 cm³/mol. The number of hydrogen-bond donors (Lipinski definition) is 0. The first kappa shape index (κ1) is 12.8. The predicted octanol–water partition coefficient (Wildman–Crippen LogP) is 4.71. The zero-order chi connectivity index (χ0) is 13.2. The second-order valence-corrected chi connectivity index (χ2v) is 3.82. The maximum absolute atomic E-state index is 12.3. The molecule has 0 N–H and O–H groups in total. The Hall–Kier alpha value is -1.68. The van der Waals surface area contributed by atoms with E-state index in [4.69, 9.17) is 11.6 Å². The van der Waals surface area contributed by atoms with Crippen LogP contribution in [0.1, 0.15) is 0 Å². The highest BCUT2D eigenvalue weighted by Gasteiger charge is 2.32. The van der Waals surface area contributed by atoms with Crippen LogP contribution in [0.4, 0.5) is 13.2 Å². The summed E-state index contributed by atoms with van der Waals surface area (Å²) in [6.45, 7) is 0. The molecule has 1 radical (unpaired) electrons. The molecule has 2 aromatic rings. The first-order valence-corrected chi connectivity index (χ1v) is 5.36. The minimum atomic E-state index is -4.74. The summed E-state index contributed by atoms with van der Waals surface area (Å²) in [5.74, 6) is -0.286. The fourth-order valence-electron chi connectivity index (χ4n) is 1.53. The number of benzene rings is 2. The third-order valence-electron chi connectivity index (χ3n) is 2.21. The Kier molecular flexibility index (Phi) is 3.48. The molecule has 0 aliphatic heterocycles. The summed E-state index contributed by atoms with van der Waals surface area (Å²) in [5.41, 5.74) is 0.718. The second kappa shape index (κ2) is 4.90. The van der Waals surface area contributed by atoms with E-state index in [1.54, 1.807) is 24.3 Å². The smallest absolute Gasteiger partial charge is 0.405 e. The van der Waals surface area contributed by atoms with Gasteiger partial charge in [-0.1, -0.05) is 48.0 Å². The van der Waals surface area contributed by atoms with Gasteiger partial charge in [-0.05, 0) is 6.07 Å². The molecule has 5 heteroatoms. The maximum Gasteiger partial charge on any atom is 0.573 e. The van der Waals surface area contributed by atoms with Gasteiger partial charge in [0.15, 0.2) is 0 Å². The van der Waals surface area contributed by atoms with Crippen LogP contribution >= 0.6 is 11.6 Å². The van der Waals surface area contributed by atoms with Gasteiger partial charge in [0.2, 0.25) is 0 Å². The summed E-state index contributed by atoms with van der Waals surface area (Å²) in [5, 5.41) is 0.246. The lowest BCUT2D eigenvalue weighted by Crippen LogP contribution is -2.17. The van der Waals surface area contributed by atoms with E-state index in [1.165, 1.54) is 18.2 Å². The van der Waals surface area contributed by atoms with Crippen molar-refractivity contribution in [2.45, 2.75) is 6.36 Å². The molecule has 0 amide bonds. The third-order valence-corrected chi connectivity index (χ3v) is 2.52. The van der Waals surface area contributed by atoms with E-state index in [0.717, 1.165) is 0 Å². The Morgan fingerprint density at radius 2 is 1.67 bits per heavy atom. The molecule has 0 heterocycles. The van der Waals surface area contributed by atoms with Gasteiger partial charge in [-0.25, -0.2) is 0 Å². The molecule has 0 aliphatic carbocycles. The minimum Gasteiger partial charge on any atom is -0.405 e. The van der Waals surface area contributed by atoms with Gasteiger partial charge in [0.1, 0.15) is 5.75 Å². The monoisotopic (exact) mass is 271 g/mol. The fraction of sp³-hybridized carbons (Fsp3) is 0.0769. The fourth-order valence-corrected chi connectivity index (χ4v) is 1.76. The molecule has 0 bridgehead atoms. The minimum absolute atomic E-state index is 0.246. The first-order chi connectivity index (χ1) is 8.47. The molecule has 18 heavy (non-hydrogen) atoms. The van der Waals surface area contributed by atoms with Gasteiger partial charge in [0.25, 0.3) is 0 Å². The van der Waals surface area contributed by atoms with Crippen molar-refractivity contribution in [1.29, 1.82) is 0 Å². The average molecular weight is 272 g/mol. The van der Waals surface area contributed by atoms with E-state index in [1.807, 2.05) is 0 Å². The Morgan fingerprint density at radius 3 is 2.33 bits per heavy atom. The van der Waals surface area contributed by atoms with Crippen LogP contribution < -0.4 is 4.74 Å². The number of hydrogen-bond acceptors (Lipinski definition) is 1. The number of para-hydroxylation sites is 1. The molecular weight excluding hydrogens is 265 g/mol. The summed E-state index contributed by atoms with van der Waals surface area (Å²) in [6.07, 6.45) is -4.74. The molecule has 0 fully saturated rings. The van der Waals surface area contributed by atoms with E-state index < -0.39 is 6.36 Å². The maximum atomic E-state index is 12.3. The zero-order valence-electron chi connectivity index (χ0n) is 8.96. The van der Waals surface area contributed by atoms with Crippen LogP contribution in [0.2, 0.25) is 5.02 Å². The quantitative estimate of drug-likeness (QED) is 0.769. The Labute approximate surface area is 107 Å². The summed E-state index contributed by atoms with van der Waals surface area (Å²) in [4.78, 5) is 0. The van der Waals surface area contributed by atoms with Crippen LogP contribution in [0.25, 0.3) is 11.1 Å². The van der Waals surface area contributed by atoms with E-state index in [9.17, 15) is 13.2 Å². The van der Waals surface area contributed by atoms with Crippen LogP contribution in [-0.4, -0.2) is 6.36 Å². The van der Waals surface area contributed by atoms with Crippen molar-refractivity contribution in [2.75, 3.05) is 0 Å². The summed E-state index contributed by atoms with van der Waals surface area (Å²) < 4.78 is 40.8. The molecular formula is C13H7ClF3O. The van der Waals surface area contributed by atoms with E-state index >= 15 is 0 Å². The highest BCUT2D eigenvalue weighted by Crippen LogP contribution is 2.36. The van der Waals surface area contributed by atoms with Crippen molar-refractivity contribution in [3.8, 4) is 16.9 Å². The van der Waals surface area contributed by atoms with Crippen LogP contribution in [0.15, 0.2) is 42.5 Å². The number of alkyl halides is 3. The molecule has 0 aliphatic rings. The number of ether oxygens (including phenoxy) is 1. The Bertz CT molecular complexity index is 552. The molecule has 2 aromatic carbocycles. The van der Waals surface area contributed by atoms with Crippen molar-refractivity contribution < 1.29 is 17.9 Å². The summed E-state index contributed by atoms with van der Waals surface area (Å²) in [7, 11) is 0. The summed E-state index contributed by atoms with van der Waals surface area (Å²) in [6, 6.07) is 13.4. The van der Waals surface area contributed by atoms with Crippen LogP contribution in [0, 0.1) is 6.07 Å². The Balaban J connectivity index is 2.49. The van der Waals surface area contributed by atoms with E-state index in [-0.39, 0.29) is 16.3 Å². The van der Waals surface area contributed by atoms with Crippen LogP contribution in [-0.2, 0) is 0 Å². The molecule has 0 unspecified atom stereocenters. The van der Waals surface area contributed by atoms with Gasteiger partial charge in [0, 0.05) is 17.2 Å². The SMILES string of the molecule is FC(F)(F)Oc1ccccc1-c1ccc[c]c1Cl. The third kappa shape index (κ3) is 2.96. The molecule has 93 valence electrons. The van der Waals surface area contributed by atoms with Gasteiger partial charge >= 0.3 is 6.36 Å². The largest absolute Gasteiger partial charge is 0.573 e. The molecule has 0 atom stereocenters. The Morgan fingerprint density at radius 1 is 1.00 bits per heavy atom. The lowest BCUT2D eigenvalue weighted by atomic mass is 10.0. The summed E-state index contributed by atoms with van der Waals surface area (Å²) >= 11 is 5.91. The lowest BCUT2D eigenvalue weighted by Gasteiger charge is -2.13. The molecule has 1 nitrogen and oxygen atoms in total. The van der Waals surface area contributed by atoms with Crippen molar-refractivity contribution >= 4 is 11.6 Å².